The number of nitrogens with two attached hydrogens (primary N) is 1. The molecule has 20 heavy (non-hydrogen) atoms. The molecule has 112 valence electrons. The molecule has 1 aromatic carbocycles. The molecule has 0 heterocycles. The highest BCUT2D eigenvalue weighted by Crippen LogP contribution is 2.30. The summed E-state index contributed by atoms with van der Waals surface area (Å²) >= 11 is 1.84. The van der Waals surface area contributed by atoms with Crippen molar-refractivity contribution in [2.24, 2.45) is 0 Å². The second-order valence-electron chi connectivity index (χ2n) is 4.90. The molecule has 3 N–H and O–H groups in total. The van der Waals surface area contributed by atoms with Crippen LogP contribution < -0.4 is 10.5 Å². The minimum absolute atomic E-state index is 0.120. The van der Waals surface area contributed by atoms with Crippen molar-refractivity contribution >= 4 is 27.5 Å². The van der Waals surface area contributed by atoms with E-state index in [1.54, 1.807) is 0 Å². The number of rotatable bonds is 5. The number of anilines is 1. The van der Waals surface area contributed by atoms with Gasteiger partial charge in [-0.1, -0.05) is 6.92 Å². The van der Waals surface area contributed by atoms with Crippen LogP contribution in [0.1, 0.15) is 26.2 Å². The minimum Gasteiger partial charge on any atom is -0.399 e. The van der Waals surface area contributed by atoms with E-state index < -0.39 is 15.8 Å². The van der Waals surface area contributed by atoms with E-state index >= 15 is 0 Å². The molecule has 1 aliphatic rings. The van der Waals surface area contributed by atoms with Gasteiger partial charge < -0.3 is 5.73 Å². The highest BCUT2D eigenvalue weighted by atomic mass is 32.2. The first kappa shape index (κ1) is 15.6. The van der Waals surface area contributed by atoms with Gasteiger partial charge in [-0.3, -0.25) is 0 Å². The average Bonchev–Trinajstić information content (AvgIpc) is 2.79. The Morgan fingerprint density at radius 2 is 2.20 bits per heavy atom. The quantitative estimate of drug-likeness (QED) is 0.818. The van der Waals surface area contributed by atoms with Crippen molar-refractivity contribution in [2.75, 3.05) is 11.5 Å². The van der Waals surface area contributed by atoms with Gasteiger partial charge in [0.15, 0.2) is 0 Å². The third kappa shape index (κ3) is 3.65. The zero-order chi connectivity index (χ0) is 14.8. The number of hydrogen-bond donors (Lipinski definition) is 2. The van der Waals surface area contributed by atoms with Gasteiger partial charge >= 0.3 is 0 Å². The van der Waals surface area contributed by atoms with Crippen LogP contribution in [0.4, 0.5) is 10.1 Å². The molecule has 1 saturated carbocycles. The fourth-order valence-electron chi connectivity index (χ4n) is 2.44. The lowest BCUT2D eigenvalue weighted by atomic mass is 10.3. The predicted molar refractivity (Wildman–Crippen MR) is 80.7 cm³/mol. The topological polar surface area (TPSA) is 72.2 Å². The van der Waals surface area contributed by atoms with E-state index in [9.17, 15) is 12.8 Å². The summed E-state index contributed by atoms with van der Waals surface area (Å²) in [6, 6.07) is 3.46. The molecule has 0 spiro atoms. The summed E-state index contributed by atoms with van der Waals surface area (Å²) in [6.45, 7) is 2.09. The van der Waals surface area contributed by atoms with E-state index in [-0.39, 0.29) is 16.6 Å². The molecular weight excluding hydrogens is 299 g/mol. The molecule has 0 radical (unpaired) electrons. The van der Waals surface area contributed by atoms with Crippen molar-refractivity contribution in [1.29, 1.82) is 0 Å². The first-order valence-corrected chi connectivity index (χ1v) is 9.14. The lowest BCUT2D eigenvalue weighted by molar-refractivity contribution is 0.537. The molecular formula is C13H19FN2O2S2. The molecule has 2 atom stereocenters. The van der Waals surface area contributed by atoms with Gasteiger partial charge in [-0.05, 0) is 43.2 Å². The summed E-state index contributed by atoms with van der Waals surface area (Å²) in [7, 11) is -3.85. The number of thioether (sulfide) groups is 1. The average molecular weight is 318 g/mol. The van der Waals surface area contributed by atoms with Crippen LogP contribution in [0.5, 0.6) is 0 Å². The van der Waals surface area contributed by atoms with E-state index in [0.717, 1.165) is 37.1 Å². The van der Waals surface area contributed by atoms with Crippen LogP contribution in [-0.4, -0.2) is 25.5 Å². The molecule has 1 fully saturated rings. The molecule has 2 rings (SSSR count). The highest BCUT2D eigenvalue weighted by molar-refractivity contribution is 7.99. The zero-order valence-corrected chi connectivity index (χ0v) is 12.9. The van der Waals surface area contributed by atoms with Gasteiger partial charge in [-0.15, -0.1) is 0 Å². The molecule has 0 aliphatic heterocycles. The lowest BCUT2D eigenvalue weighted by Gasteiger charge is -2.14. The minimum atomic E-state index is -3.85. The normalized spacial score (nSPS) is 23.1. The smallest absolute Gasteiger partial charge is 0.243 e. The summed E-state index contributed by atoms with van der Waals surface area (Å²) in [5, 5.41) is 0.485. The van der Waals surface area contributed by atoms with Gasteiger partial charge in [0.25, 0.3) is 0 Å². The number of sulfonamides is 1. The number of hydrogen-bond acceptors (Lipinski definition) is 4. The SMILES string of the molecule is CCSC1CCC(NS(=O)(=O)c2cc(N)ccc2F)C1. The number of halogens is 1. The van der Waals surface area contributed by atoms with Crippen molar-refractivity contribution in [3.8, 4) is 0 Å². The fourth-order valence-corrected chi connectivity index (χ4v) is 4.98. The van der Waals surface area contributed by atoms with E-state index in [1.807, 2.05) is 11.8 Å². The van der Waals surface area contributed by atoms with Gasteiger partial charge in [0.1, 0.15) is 10.7 Å². The molecule has 0 bridgehead atoms. The van der Waals surface area contributed by atoms with Crippen molar-refractivity contribution < 1.29 is 12.8 Å². The molecule has 1 aliphatic carbocycles. The summed E-state index contributed by atoms with van der Waals surface area (Å²) in [6.07, 6.45) is 2.58. The van der Waals surface area contributed by atoms with Crippen molar-refractivity contribution in [3.05, 3.63) is 24.0 Å². The Labute approximate surface area is 123 Å². The third-order valence-corrected chi connectivity index (χ3v) is 6.12. The Balaban J connectivity index is 2.10. The second kappa shape index (κ2) is 6.32. The van der Waals surface area contributed by atoms with Crippen LogP contribution in [0.2, 0.25) is 0 Å². The Morgan fingerprint density at radius 3 is 2.90 bits per heavy atom. The number of benzene rings is 1. The zero-order valence-electron chi connectivity index (χ0n) is 11.3. The Bertz CT molecular complexity index is 578. The predicted octanol–water partition coefficient (Wildman–Crippen LogP) is 2.36. The first-order valence-electron chi connectivity index (χ1n) is 6.61. The first-order chi connectivity index (χ1) is 9.42. The molecule has 4 nitrogen and oxygen atoms in total. The van der Waals surface area contributed by atoms with Crippen molar-refractivity contribution in [3.63, 3.8) is 0 Å². The second-order valence-corrected chi connectivity index (χ2v) is 8.16. The molecule has 0 saturated heterocycles. The highest BCUT2D eigenvalue weighted by Gasteiger charge is 2.29. The molecule has 2 unspecified atom stereocenters. The van der Waals surface area contributed by atoms with E-state index in [0.29, 0.717) is 5.25 Å². The maximum absolute atomic E-state index is 13.7. The summed E-state index contributed by atoms with van der Waals surface area (Å²) in [5.74, 6) is 0.248. The fraction of sp³-hybridized carbons (Fsp3) is 0.538. The maximum atomic E-state index is 13.7. The molecule has 0 aromatic heterocycles. The summed E-state index contributed by atoms with van der Waals surface area (Å²) in [5.41, 5.74) is 5.77. The maximum Gasteiger partial charge on any atom is 0.243 e. The van der Waals surface area contributed by atoms with Crippen LogP contribution in [0.15, 0.2) is 23.1 Å². The van der Waals surface area contributed by atoms with E-state index in [2.05, 4.69) is 11.6 Å². The molecule has 0 amide bonds. The van der Waals surface area contributed by atoms with Crippen LogP contribution in [0, 0.1) is 5.82 Å². The van der Waals surface area contributed by atoms with Gasteiger partial charge in [0.2, 0.25) is 10.0 Å². The van der Waals surface area contributed by atoms with Crippen LogP contribution in [0.3, 0.4) is 0 Å². The van der Waals surface area contributed by atoms with Crippen LogP contribution in [0.25, 0.3) is 0 Å². The molecule has 7 heteroatoms. The largest absolute Gasteiger partial charge is 0.399 e. The van der Waals surface area contributed by atoms with Crippen LogP contribution in [-0.2, 0) is 10.0 Å². The monoisotopic (exact) mass is 318 g/mol. The standard InChI is InChI=1S/C13H19FN2O2S2/c1-2-19-11-5-4-10(8-11)16-20(17,18)13-7-9(15)3-6-12(13)14/h3,6-7,10-11,16H,2,4-5,8,15H2,1H3. The lowest BCUT2D eigenvalue weighted by Crippen LogP contribution is -2.33. The van der Waals surface area contributed by atoms with Gasteiger partial charge in [0.05, 0.1) is 0 Å². The summed E-state index contributed by atoms with van der Waals surface area (Å²) < 4.78 is 40.7. The summed E-state index contributed by atoms with van der Waals surface area (Å²) in [4.78, 5) is -0.371. The van der Waals surface area contributed by atoms with Crippen molar-refractivity contribution in [2.45, 2.75) is 42.4 Å². The number of nitrogens with one attached hydrogen (secondary N) is 1. The van der Waals surface area contributed by atoms with Crippen molar-refractivity contribution in [1.82, 2.24) is 4.72 Å². The Kier molecular flexibility index (Phi) is 4.93. The van der Waals surface area contributed by atoms with E-state index in [4.69, 9.17) is 5.73 Å². The van der Waals surface area contributed by atoms with Gasteiger partial charge in [-0.25, -0.2) is 17.5 Å². The van der Waals surface area contributed by atoms with Gasteiger partial charge in [-0.2, -0.15) is 11.8 Å². The third-order valence-electron chi connectivity index (χ3n) is 3.35. The van der Waals surface area contributed by atoms with Crippen LogP contribution >= 0.6 is 11.8 Å². The Morgan fingerprint density at radius 1 is 1.45 bits per heavy atom. The molecule has 1 aromatic rings. The van der Waals surface area contributed by atoms with Gasteiger partial charge in [0, 0.05) is 17.0 Å². The van der Waals surface area contributed by atoms with E-state index in [1.165, 1.54) is 6.07 Å². The Hall–Kier alpha value is -0.790. The number of nitrogen functional groups attached to an aromatic ring is 1.